The number of benzene rings is 7. The van der Waals surface area contributed by atoms with Crippen LogP contribution < -0.4 is 4.90 Å². The summed E-state index contributed by atoms with van der Waals surface area (Å²) in [5, 5.41) is 7.85. The summed E-state index contributed by atoms with van der Waals surface area (Å²) in [5.74, 6) is 0.985. The molecule has 2 aromatic heterocycles. The number of amidine groups is 1. The van der Waals surface area contributed by atoms with Crippen LogP contribution in [0.1, 0.15) is 17.3 Å². The topological polar surface area (TPSA) is 20.5 Å². The fraction of sp³-hybridized carbons (Fsp3) is 0.0238. The van der Waals surface area contributed by atoms with E-state index in [-0.39, 0.29) is 6.17 Å². The van der Waals surface area contributed by atoms with E-state index >= 15 is 0 Å². The van der Waals surface area contributed by atoms with E-state index < -0.39 is 0 Å². The number of thiophene rings is 1. The molecule has 9 aromatic rings. The maximum absolute atomic E-state index is 5.22. The van der Waals surface area contributed by atoms with Crippen molar-refractivity contribution in [3.05, 3.63) is 169 Å². The lowest BCUT2D eigenvalue weighted by Crippen LogP contribution is -2.43. The second-order valence-corrected chi connectivity index (χ2v) is 13.0. The Bertz CT molecular complexity index is 2650. The van der Waals surface area contributed by atoms with Gasteiger partial charge in [-0.2, -0.15) is 0 Å². The molecule has 1 atom stereocenters. The third-order valence-electron chi connectivity index (χ3n) is 9.36. The monoisotopic (exact) mass is 605 g/mol. The van der Waals surface area contributed by atoms with Gasteiger partial charge in [0.05, 0.1) is 11.0 Å². The van der Waals surface area contributed by atoms with Crippen LogP contribution in [0, 0.1) is 0 Å². The minimum Gasteiger partial charge on any atom is -0.309 e. The molecule has 0 aliphatic carbocycles. The molecule has 46 heavy (non-hydrogen) atoms. The van der Waals surface area contributed by atoms with Crippen molar-refractivity contribution in [2.45, 2.75) is 6.17 Å². The Morgan fingerprint density at radius 3 is 2.00 bits per heavy atom. The number of rotatable bonds is 4. The highest BCUT2D eigenvalue weighted by molar-refractivity contribution is 7.27. The largest absolute Gasteiger partial charge is 0.309 e. The maximum atomic E-state index is 5.22. The molecule has 0 saturated carbocycles. The molecular formula is C42H27N3S. The Morgan fingerprint density at radius 2 is 1.17 bits per heavy atom. The van der Waals surface area contributed by atoms with Crippen molar-refractivity contribution in [2.75, 3.05) is 4.90 Å². The van der Waals surface area contributed by atoms with Gasteiger partial charge in [-0.25, -0.2) is 4.99 Å². The van der Waals surface area contributed by atoms with Crippen LogP contribution in [-0.2, 0) is 0 Å². The van der Waals surface area contributed by atoms with E-state index in [0.717, 1.165) is 22.8 Å². The minimum absolute atomic E-state index is 0.0559. The first kappa shape index (κ1) is 25.6. The Labute approximate surface area is 269 Å². The van der Waals surface area contributed by atoms with E-state index in [1.165, 1.54) is 58.3 Å². The van der Waals surface area contributed by atoms with Crippen LogP contribution in [-0.4, -0.2) is 10.4 Å². The summed E-state index contributed by atoms with van der Waals surface area (Å²) in [6, 6.07) is 56.7. The van der Waals surface area contributed by atoms with E-state index in [1.807, 2.05) is 11.3 Å². The number of hydrogen-bond donors (Lipinski definition) is 0. The van der Waals surface area contributed by atoms with Crippen molar-refractivity contribution in [1.82, 2.24) is 4.57 Å². The van der Waals surface area contributed by atoms with Gasteiger partial charge in [0, 0.05) is 58.7 Å². The smallest absolute Gasteiger partial charge is 0.154 e. The second kappa shape index (κ2) is 9.90. The first-order valence-electron chi connectivity index (χ1n) is 15.7. The molecule has 1 unspecified atom stereocenters. The van der Waals surface area contributed by atoms with Gasteiger partial charge in [0.1, 0.15) is 5.84 Å². The molecule has 4 heteroatoms. The van der Waals surface area contributed by atoms with E-state index in [9.17, 15) is 0 Å². The molecule has 1 aliphatic rings. The maximum Gasteiger partial charge on any atom is 0.154 e. The van der Waals surface area contributed by atoms with Crippen molar-refractivity contribution >= 4 is 75.6 Å². The first-order valence-corrected chi connectivity index (χ1v) is 16.5. The molecule has 3 heterocycles. The lowest BCUT2D eigenvalue weighted by Gasteiger charge is -2.40. The van der Waals surface area contributed by atoms with Gasteiger partial charge in [-0.3, -0.25) is 4.90 Å². The van der Waals surface area contributed by atoms with Crippen LogP contribution in [0.4, 0.5) is 5.69 Å². The molecule has 0 amide bonds. The predicted molar refractivity (Wildman–Crippen MR) is 196 cm³/mol. The number of nitrogens with zero attached hydrogens (tertiary/aromatic N) is 3. The van der Waals surface area contributed by atoms with Gasteiger partial charge in [-0.1, -0.05) is 121 Å². The van der Waals surface area contributed by atoms with Gasteiger partial charge in [0.2, 0.25) is 0 Å². The zero-order valence-electron chi connectivity index (χ0n) is 24.8. The Hall–Kier alpha value is -5.71. The summed E-state index contributed by atoms with van der Waals surface area (Å²) >= 11 is 1.90. The number of anilines is 1. The number of aliphatic imine (C=N–C) groups is 1. The van der Waals surface area contributed by atoms with Crippen LogP contribution >= 0.6 is 11.3 Å². The molecule has 0 spiro atoms. The van der Waals surface area contributed by atoms with Crippen LogP contribution in [0.15, 0.2) is 163 Å². The SMILES string of the molecule is c1ccc(C2N=C(c3cccc(-n4c5ccccc5c5c6c7ccccc7sc6c6ccccc6c54)c3)N2c2ccccc2)cc1. The summed E-state index contributed by atoms with van der Waals surface area (Å²) in [7, 11) is 0. The van der Waals surface area contributed by atoms with Crippen LogP contribution in [0.3, 0.4) is 0 Å². The first-order chi connectivity index (χ1) is 22.8. The molecule has 216 valence electrons. The van der Waals surface area contributed by atoms with Crippen LogP contribution in [0.2, 0.25) is 0 Å². The summed E-state index contributed by atoms with van der Waals surface area (Å²) in [6.07, 6.45) is -0.0559. The third-order valence-corrected chi connectivity index (χ3v) is 10.6. The zero-order valence-corrected chi connectivity index (χ0v) is 25.7. The summed E-state index contributed by atoms with van der Waals surface area (Å²) in [5.41, 5.74) is 7.02. The van der Waals surface area contributed by atoms with Gasteiger partial charge in [-0.05, 0) is 42.0 Å². The van der Waals surface area contributed by atoms with Crippen molar-refractivity contribution < 1.29 is 0 Å². The van der Waals surface area contributed by atoms with Crippen molar-refractivity contribution in [2.24, 2.45) is 4.99 Å². The van der Waals surface area contributed by atoms with E-state index in [4.69, 9.17) is 4.99 Å². The Morgan fingerprint density at radius 1 is 0.522 bits per heavy atom. The highest BCUT2D eigenvalue weighted by atomic mass is 32.1. The van der Waals surface area contributed by atoms with E-state index in [0.29, 0.717) is 0 Å². The summed E-state index contributed by atoms with van der Waals surface area (Å²) < 4.78 is 5.16. The third kappa shape index (κ3) is 3.62. The Kier molecular flexibility index (Phi) is 5.51. The molecule has 7 aromatic carbocycles. The molecule has 3 nitrogen and oxygen atoms in total. The highest BCUT2D eigenvalue weighted by Crippen LogP contribution is 2.48. The van der Waals surface area contributed by atoms with Gasteiger partial charge in [-0.15, -0.1) is 11.3 Å². The average Bonchev–Trinajstić information content (AvgIpc) is 3.66. The standard InChI is InChI=1S/C42H27N3S/c1-3-14-27(15-4-1)41-43-42(45(41)29-17-5-2-6-18-29)28-16-13-19-30(26-28)44-35-24-11-9-22-33(35)37-38-34-23-10-12-25-36(34)46-40(38)32-21-8-7-20-31(32)39(37)44/h1-26,41H. The molecule has 0 radical (unpaired) electrons. The van der Waals surface area contributed by atoms with Gasteiger partial charge >= 0.3 is 0 Å². The molecule has 10 rings (SSSR count). The predicted octanol–water partition coefficient (Wildman–Crippen LogP) is 11.3. The lowest BCUT2D eigenvalue weighted by atomic mass is 9.99. The molecule has 0 fully saturated rings. The van der Waals surface area contributed by atoms with Crippen molar-refractivity contribution in [1.29, 1.82) is 0 Å². The van der Waals surface area contributed by atoms with Crippen molar-refractivity contribution in [3.8, 4) is 5.69 Å². The molecular weight excluding hydrogens is 579 g/mol. The van der Waals surface area contributed by atoms with Gasteiger partial charge in [0.15, 0.2) is 6.17 Å². The number of para-hydroxylation sites is 2. The zero-order chi connectivity index (χ0) is 30.2. The highest BCUT2D eigenvalue weighted by Gasteiger charge is 2.34. The molecule has 0 N–H and O–H groups in total. The fourth-order valence-electron chi connectivity index (χ4n) is 7.38. The molecule has 1 aliphatic heterocycles. The van der Waals surface area contributed by atoms with Crippen LogP contribution in [0.25, 0.3) is 58.4 Å². The average molecular weight is 606 g/mol. The molecule has 0 bridgehead atoms. The second-order valence-electron chi connectivity index (χ2n) is 11.9. The van der Waals surface area contributed by atoms with Gasteiger partial charge < -0.3 is 4.57 Å². The quantitative estimate of drug-likeness (QED) is 0.195. The van der Waals surface area contributed by atoms with E-state index in [1.54, 1.807) is 0 Å². The lowest BCUT2D eigenvalue weighted by molar-refractivity contribution is 0.690. The Balaban J connectivity index is 1.25. The number of aromatic nitrogens is 1. The number of fused-ring (bicyclic) bond motifs is 10. The normalized spacial score (nSPS) is 14.8. The number of hydrogen-bond acceptors (Lipinski definition) is 3. The van der Waals surface area contributed by atoms with Crippen molar-refractivity contribution in [3.63, 3.8) is 0 Å². The molecule has 0 saturated heterocycles. The fourth-order valence-corrected chi connectivity index (χ4v) is 8.63. The minimum atomic E-state index is -0.0559. The summed E-state index contributed by atoms with van der Waals surface area (Å²) in [4.78, 5) is 7.58. The van der Waals surface area contributed by atoms with Crippen LogP contribution in [0.5, 0.6) is 0 Å². The van der Waals surface area contributed by atoms with Gasteiger partial charge in [0.25, 0.3) is 0 Å². The summed E-state index contributed by atoms with van der Waals surface area (Å²) in [6.45, 7) is 0. The van der Waals surface area contributed by atoms with E-state index in [2.05, 4.69) is 167 Å².